The fourth-order valence-corrected chi connectivity index (χ4v) is 4.47. The molecule has 2 aliphatic rings. The van der Waals surface area contributed by atoms with Gasteiger partial charge in [-0.05, 0) is 63.3 Å². The second kappa shape index (κ2) is 6.50. The van der Waals surface area contributed by atoms with Crippen LogP contribution in [0.5, 0.6) is 0 Å². The van der Waals surface area contributed by atoms with Crippen LogP contribution in [-0.4, -0.2) is 38.0 Å². The lowest BCUT2D eigenvalue weighted by Crippen LogP contribution is -2.44. The molecule has 1 saturated carbocycles. The maximum absolute atomic E-state index is 12.8. The highest BCUT2D eigenvalue weighted by Gasteiger charge is 2.42. The molecule has 1 saturated heterocycles. The fraction of sp³-hybridized carbons (Fsp3) is 0.526. The molecular formula is C19H25N5O. The van der Waals surface area contributed by atoms with E-state index in [1.165, 1.54) is 19.3 Å². The van der Waals surface area contributed by atoms with Crippen LogP contribution in [0, 0.1) is 12.8 Å². The van der Waals surface area contributed by atoms with Crippen molar-refractivity contribution in [2.75, 3.05) is 5.32 Å². The predicted molar refractivity (Wildman–Crippen MR) is 96.8 cm³/mol. The highest BCUT2D eigenvalue weighted by atomic mass is 16.2. The van der Waals surface area contributed by atoms with Crippen molar-refractivity contribution in [1.29, 1.82) is 0 Å². The van der Waals surface area contributed by atoms with Crippen LogP contribution >= 0.6 is 0 Å². The van der Waals surface area contributed by atoms with Crippen molar-refractivity contribution in [3.63, 3.8) is 0 Å². The van der Waals surface area contributed by atoms with E-state index in [0.29, 0.717) is 18.0 Å². The molecule has 3 unspecified atom stereocenters. The summed E-state index contributed by atoms with van der Waals surface area (Å²) in [7, 11) is 0. The summed E-state index contributed by atoms with van der Waals surface area (Å²) in [5, 5.41) is 11.0. The van der Waals surface area contributed by atoms with Crippen LogP contribution in [0.2, 0.25) is 0 Å². The molecule has 2 amide bonds. The Kier molecular flexibility index (Phi) is 4.19. The highest BCUT2D eigenvalue weighted by Crippen LogP contribution is 2.39. The average Bonchev–Trinajstić information content (AvgIpc) is 3.17. The van der Waals surface area contributed by atoms with Crippen LogP contribution in [0.3, 0.4) is 0 Å². The molecule has 1 aliphatic carbocycles. The van der Waals surface area contributed by atoms with E-state index in [4.69, 9.17) is 0 Å². The number of rotatable bonds is 2. The summed E-state index contributed by atoms with van der Waals surface area (Å²) < 4.78 is 1.78. The summed E-state index contributed by atoms with van der Waals surface area (Å²) in [4.78, 5) is 14.9. The smallest absolute Gasteiger partial charge is 0.319 e. The molecule has 2 fully saturated rings. The monoisotopic (exact) mass is 339 g/mol. The first-order valence-electron chi connectivity index (χ1n) is 9.20. The zero-order valence-corrected chi connectivity index (χ0v) is 14.9. The van der Waals surface area contributed by atoms with Gasteiger partial charge < -0.3 is 10.2 Å². The number of aromatic nitrogens is 3. The van der Waals surface area contributed by atoms with Crippen molar-refractivity contribution >= 4 is 11.7 Å². The molecule has 0 spiro atoms. The Morgan fingerprint density at radius 3 is 2.68 bits per heavy atom. The number of urea groups is 1. The van der Waals surface area contributed by atoms with Gasteiger partial charge in [-0.3, -0.25) is 0 Å². The molecule has 6 nitrogen and oxygen atoms in total. The number of hydrogen-bond donors (Lipinski definition) is 1. The first-order chi connectivity index (χ1) is 12.1. The minimum Gasteiger partial charge on any atom is -0.319 e. The Morgan fingerprint density at radius 2 is 1.96 bits per heavy atom. The Bertz CT molecular complexity index is 753. The number of nitrogens with one attached hydrogen (secondary N) is 1. The molecule has 1 N–H and O–H groups in total. The van der Waals surface area contributed by atoms with Gasteiger partial charge in [-0.2, -0.15) is 0 Å². The summed E-state index contributed by atoms with van der Waals surface area (Å²) in [6.45, 7) is 4.14. The first-order valence-corrected chi connectivity index (χ1v) is 9.20. The van der Waals surface area contributed by atoms with Crippen molar-refractivity contribution < 1.29 is 4.79 Å². The van der Waals surface area contributed by atoms with Gasteiger partial charge in [-0.1, -0.05) is 18.1 Å². The van der Waals surface area contributed by atoms with E-state index in [9.17, 15) is 4.79 Å². The third kappa shape index (κ3) is 3.01. The number of benzene rings is 1. The van der Waals surface area contributed by atoms with Gasteiger partial charge in [-0.15, -0.1) is 5.10 Å². The predicted octanol–water partition coefficient (Wildman–Crippen LogP) is 3.76. The van der Waals surface area contributed by atoms with E-state index in [1.807, 2.05) is 31.2 Å². The fourth-order valence-electron chi connectivity index (χ4n) is 4.47. The quantitative estimate of drug-likeness (QED) is 0.906. The summed E-state index contributed by atoms with van der Waals surface area (Å²) in [6.07, 6.45) is 7.83. The van der Waals surface area contributed by atoms with Crippen molar-refractivity contribution in [2.24, 2.45) is 5.92 Å². The summed E-state index contributed by atoms with van der Waals surface area (Å²) in [5.74, 6) is 0.687. The molecule has 0 radical (unpaired) electrons. The molecule has 1 aromatic carbocycles. The number of likely N-dealkylation sites (tertiary alicyclic amines) is 1. The SMILES string of the molecule is Cc1cnnn1-c1ccc(NC(=O)N2C(C)CC3CCCCC32)cc1. The van der Waals surface area contributed by atoms with Gasteiger partial charge in [-0.25, -0.2) is 9.48 Å². The number of amides is 2. The van der Waals surface area contributed by atoms with Gasteiger partial charge in [0.05, 0.1) is 17.6 Å². The number of hydrogen-bond acceptors (Lipinski definition) is 3. The Balaban J connectivity index is 1.46. The van der Waals surface area contributed by atoms with E-state index < -0.39 is 0 Å². The summed E-state index contributed by atoms with van der Waals surface area (Å²) in [5.41, 5.74) is 2.74. The van der Waals surface area contributed by atoms with Gasteiger partial charge in [0.2, 0.25) is 0 Å². The van der Waals surface area contributed by atoms with Crippen LogP contribution in [0.1, 0.15) is 44.7 Å². The Labute approximate surface area is 148 Å². The molecule has 0 bridgehead atoms. The van der Waals surface area contributed by atoms with E-state index >= 15 is 0 Å². The van der Waals surface area contributed by atoms with Gasteiger partial charge >= 0.3 is 6.03 Å². The van der Waals surface area contributed by atoms with Crippen molar-refractivity contribution in [2.45, 2.75) is 58.0 Å². The molecule has 132 valence electrons. The molecule has 2 aromatic rings. The largest absolute Gasteiger partial charge is 0.322 e. The molecule has 1 aromatic heterocycles. The van der Waals surface area contributed by atoms with Crippen LogP contribution in [0.15, 0.2) is 30.5 Å². The minimum atomic E-state index is 0.0339. The van der Waals surface area contributed by atoms with Crippen LogP contribution in [-0.2, 0) is 0 Å². The van der Waals surface area contributed by atoms with Gasteiger partial charge in [0.25, 0.3) is 0 Å². The van der Waals surface area contributed by atoms with Gasteiger partial charge in [0, 0.05) is 17.8 Å². The average molecular weight is 339 g/mol. The Morgan fingerprint density at radius 1 is 1.20 bits per heavy atom. The van der Waals surface area contributed by atoms with Crippen molar-refractivity contribution in [1.82, 2.24) is 19.9 Å². The lowest BCUT2D eigenvalue weighted by Gasteiger charge is -2.33. The second-order valence-corrected chi connectivity index (χ2v) is 7.37. The zero-order chi connectivity index (χ0) is 17.4. The molecular weight excluding hydrogens is 314 g/mol. The summed E-state index contributed by atoms with van der Waals surface area (Å²) >= 11 is 0. The Hall–Kier alpha value is -2.37. The van der Waals surface area contributed by atoms with Gasteiger partial charge in [0.1, 0.15) is 0 Å². The van der Waals surface area contributed by atoms with E-state index in [2.05, 4.69) is 27.5 Å². The standard InChI is InChI=1S/C19H25N5O/c1-13-11-15-5-3-4-6-18(15)23(13)19(25)21-16-7-9-17(10-8-16)24-14(2)12-20-22-24/h7-10,12-13,15,18H,3-6,11H2,1-2H3,(H,21,25). The third-order valence-corrected chi connectivity index (χ3v) is 5.66. The number of carbonyl (C=O) groups excluding carboxylic acids is 1. The lowest BCUT2D eigenvalue weighted by molar-refractivity contribution is 0.168. The number of carbonyl (C=O) groups is 1. The van der Waals surface area contributed by atoms with Crippen LogP contribution < -0.4 is 5.32 Å². The van der Waals surface area contributed by atoms with Crippen molar-refractivity contribution in [3.8, 4) is 5.69 Å². The number of aryl methyl sites for hydroxylation is 1. The number of anilines is 1. The number of nitrogens with zero attached hydrogens (tertiary/aromatic N) is 4. The van der Waals surface area contributed by atoms with E-state index in [1.54, 1.807) is 10.9 Å². The maximum Gasteiger partial charge on any atom is 0.322 e. The molecule has 1 aliphatic heterocycles. The van der Waals surface area contributed by atoms with Crippen LogP contribution in [0.4, 0.5) is 10.5 Å². The van der Waals surface area contributed by atoms with E-state index in [-0.39, 0.29) is 6.03 Å². The highest BCUT2D eigenvalue weighted by molar-refractivity contribution is 5.90. The van der Waals surface area contributed by atoms with Crippen molar-refractivity contribution in [3.05, 3.63) is 36.2 Å². The molecule has 3 atom stereocenters. The molecule has 25 heavy (non-hydrogen) atoms. The van der Waals surface area contributed by atoms with Gasteiger partial charge in [0.15, 0.2) is 0 Å². The molecule has 4 rings (SSSR count). The second-order valence-electron chi connectivity index (χ2n) is 7.37. The first kappa shape index (κ1) is 16.1. The zero-order valence-electron chi connectivity index (χ0n) is 14.9. The minimum absolute atomic E-state index is 0.0339. The maximum atomic E-state index is 12.8. The molecule has 6 heteroatoms. The lowest BCUT2D eigenvalue weighted by atomic mass is 9.85. The third-order valence-electron chi connectivity index (χ3n) is 5.66. The summed E-state index contributed by atoms with van der Waals surface area (Å²) in [6, 6.07) is 8.53. The normalized spacial score (nSPS) is 25.7. The topological polar surface area (TPSA) is 63.1 Å². The molecule has 2 heterocycles. The van der Waals surface area contributed by atoms with E-state index in [0.717, 1.165) is 29.9 Å². The van der Waals surface area contributed by atoms with Crippen LogP contribution in [0.25, 0.3) is 5.69 Å². The number of fused-ring (bicyclic) bond motifs is 1.